The molecule has 0 aromatic heterocycles. The Balaban J connectivity index is 2.16. The van der Waals surface area contributed by atoms with Gasteiger partial charge in [0.25, 0.3) is 0 Å². The molecule has 2 unspecified atom stereocenters. The van der Waals surface area contributed by atoms with Gasteiger partial charge in [-0.05, 0) is 54.7 Å². The molecule has 2 aromatic rings. The van der Waals surface area contributed by atoms with Gasteiger partial charge in [-0.15, -0.1) is 0 Å². The summed E-state index contributed by atoms with van der Waals surface area (Å²) in [6, 6.07) is 7.82. The van der Waals surface area contributed by atoms with E-state index in [1.54, 1.807) is 26.4 Å². The van der Waals surface area contributed by atoms with Gasteiger partial charge in [0.1, 0.15) is 5.82 Å². The van der Waals surface area contributed by atoms with Crippen molar-refractivity contribution in [2.75, 3.05) is 20.8 Å². The molecule has 3 rings (SSSR count). The van der Waals surface area contributed by atoms with Crippen LogP contribution in [0.5, 0.6) is 11.5 Å². The molecule has 0 N–H and O–H groups in total. The maximum atomic E-state index is 15.1. The summed E-state index contributed by atoms with van der Waals surface area (Å²) in [5, 5.41) is 0.312. The van der Waals surface area contributed by atoms with Crippen molar-refractivity contribution in [2.24, 2.45) is 5.92 Å². The van der Waals surface area contributed by atoms with Gasteiger partial charge in [0.05, 0.1) is 20.3 Å². The number of unbranched alkanes of at least 4 members (excludes halogenated alkanes) is 1. The number of carbonyl (C=O) groups is 1. The van der Waals surface area contributed by atoms with Gasteiger partial charge in [0.2, 0.25) is 5.91 Å². The van der Waals surface area contributed by atoms with Gasteiger partial charge in [-0.3, -0.25) is 4.79 Å². The zero-order chi connectivity index (χ0) is 22.5. The highest BCUT2D eigenvalue weighted by Crippen LogP contribution is 2.44. The Labute approximate surface area is 189 Å². The summed E-state index contributed by atoms with van der Waals surface area (Å²) < 4.78 is 26.1. The van der Waals surface area contributed by atoms with Crippen molar-refractivity contribution >= 4 is 17.5 Å². The van der Waals surface area contributed by atoms with Gasteiger partial charge in [-0.1, -0.05) is 44.4 Å². The molecule has 0 saturated heterocycles. The van der Waals surface area contributed by atoms with Crippen LogP contribution in [0.2, 0.25) is 5.02 Å². The van der Waals surface area contributed by atoms with Gasteiger partial charge in [-0.2, -0.15) is 0 Å². The summed E-state index contributed by atoms with van der Waals surface area (Å²) >= 11 is 6.49. The second-order valence-corrected chi connectivity index (χ2v) is 8.38. The Hall–Kier alpha value is -2.27. The average molecular weight is 448 g/mol. The number of fused-ring (bicyclic) bond motifs is 1. The lowest BCUT2D eigenvalue weighted by atomic mass is 9.85. The standard InChI is InChI=1S/C25H31ClFNO3/c1-5-7-9-16(6-2)25(29)28-13-12-17-14-21(30-3)22(31-4)15-18(17)24(28)23-19(26)10-8-11-20(23)27/h8,10-11,14-16,24H,5-7,9,12-13H2,1-4H3. The second-order valence-electron chi connectivity index (χ2n) is 7.97. The van der Waals surface area contributed by atoms with Crippen LogP contribution in [0.15, 0.2) is 30.3 Å². The first kappa shape index (κ1) is 23.4. The molecule has 1 aliphatic rings. The van der Waals surface area contributed by atoms with Crippen LogP contribution in [0.1, 0.15) is 62.3 Å². The molecule has 0 aliphatic carbocycles. The van der Waals surface area contributed by atoms with Gasteiger partial charge in [0, 0.05) is 23.0 Å². The van der Waals surface area contributed by atoms with E-state index < -0.39 is 11.9 Å². The van der Waals surface area contributed by atoms with E-state index in [-0.39, 0.29) is 11.8 Å². The third kappa shape index (κ3) is 4.67. The summed E-state index contributed by atoms with van der Waals surface area (Å²) in [5.41, 5.74) is 2.17. The molecule has 0 bridgehead atoms. The molecule has 0 saturated carbocycles. The van der Waals surface area contributed by atoms with Crippen molar-refractivity contribution in [3.05, 3.63) is 57.9 Å². The molecule has 0 spiro atoms. The minimum atomic E-state index is -0.611. The Morgan fingerprint density at radius 3 is 2.55 bits per heavy atom. The molecule has 1 aliphatic heterocycles. The predicted molar refractivity (Wildman–Crippen MR) is 122 cm³/mol. The van der Waals surface area contributed by atoms with Crippen LogP contribution in [0, 0.1) is 11.7 Å². The van der Waals surface area contributed by atoms with E-state index >= 15 is 4.39 Å². The maximum Gasteiger partial charge on any atom is 0.226 e. The van der Waals surface area contributed by atoms with E-state index in [1.165, 1.54) is 6.07 Å². The molecule has 31 heavy (non-hydrogen) atoms. The minimum absolute atomic E-state index is 0.0562. The minimum Gasteiger partial charge on any atom is -0.493 e. The molecule has 1 amide bonds. The van der Waals surface area contributed by atoms with Crippen molar-refractivity contribution in [3.63, 3.8) is 0 Å². The Kier molecular flexibility index (Phi) is 7.82. The van der Waals surface area contributed by atoms with Gasteiger partial charge < -0.3 is 14.4 Å². The quantitative estimate of drug-likeness (QED) is 0.484. The van der Waals surface area contributed by atoms with Crippen molar-refractivity contribution in [1.82, 2.24) is 4.90 Å². The van der Waals surface area contributed by atoms with Crippen LogP contribution in [0.4, 0.5) is 4.39 Å². The number of nitrogens with zero attached hydrogens (tertiary/aromatic N) is 1. The second kappa shape index (κ2) is 10.4. The van der Waals surface area contributed by atoms with Crippen LogP contribution in [0.3, 0.4) is 0 Å². The predicted octanol–water partition coefficient (Wildman–Crippen LogP) is 6.19. The molecular formula is C25H31ClFNO3. The highest BCUT2D eigenvalue weighted by molar-refractivity contribution is 6.31. The van der Waals surface area contributed by atoms with Crippen LogP contribution < -0.4 is 9.47 Å². The largest absolute Gasteiger partial charge is 0.493 e. The number of halogens is 2. The number of rotatable bonds is 8. The smallest absolute Gasteiger partial charge is 0.226 e. The van der Waals surface area contributed by atoms with Crippen LogP contribution in [0.25, 0.3) is 0 Å². The third-order valence-electron chi connectivity index (χ3n) is 6.18. The lowest BCUT2D eigenvalue weighted by Gasteiger charge is -2.40. The van der Waals surface area contributed by atoms with Crippen LogP contribution in [-0.4, -0.2) is 31.6 Å². The molecule has 2 atom stereocenters. The Bertz CT molecular complexity index is 913. The number of methoxy groups -OCH3 is 2. The van der Waals surface area contributed by atoms with Crippen LogP contribution in [-0.2, 0) is 11.2 Å². The van der Waals surface area contributed by atoms with E-state index in [0.717, 1.165) is 36.8 Å². The van der Waals surface area contributed by atoms with E-state index in [0.29, 0.717) is 35.1 Å². The van der Waals surface area contributed by atoms with E-state index in [1.807, 2.05) is 24.0 Å². The van der Waals surface area contributed by atoms with Gasteiger partial charge in [0.15, 0.2) is 11.5 Å². The van der Waals surface area contributed by atoms with Gasteiger partial charge in [-0.25, -0.2) is 4.39 Å². The first-order valence-electron chi connectivity index (χ1n) is 11.0. The summed E-state index contributed by atoms with van der Waals surface area (Å²) in [6.45, 7) is 4.66. The maximum absolute atomic E-state index is 15.1. The fourth-order valence-electron chi connectivity index (χ4n) is 4.45. The summed E-state index contributed by atoms with van der Waals surface area (Å²) in [4.78, 5) is 15.4. The van der Waals surface area contributed by atoms with Crippen molar-refractivity contribution in [3.8, 4) is 11.5 Å². The van der Waals surface area contributed by atoms with Crippen molar-refractivity contribution in [2.45, 2.75) is 52.0 Å². The molecule has 6 heteroatoms. The molecule has 1 heterocycles. The summed E-state index contributed by atoms with van der Waals surface area (Å²) in [6.07, 6.45) is 4.27. The number of carbonyl (C=O) groups excluding carboxylic acids is 1. The fourth-order valence-corrected chi connectivity index (χ4v) is 4.72. The summed E-state index contributed by atoms with van der Waals surface area (Å²) in [7, 11) is 3.16. The van der Waals surface area contributed by atoms with E-state index in [2.05, 4.69) is 6.92 Å². The molecule has 0 fully saturated rings. The Morgan fingerprint density at radius 2 is 1.94 bits per heavy atom. The third-order valence-corrected chi connectivity index (χ3v) is 6.51. The zero-order valence-electron chi connectivity index (χ0n) is 18.7. The zero-order valence-corrected chi connectivity index (χ0v) is 19.5. The summed E-state index contributed by atoms with van der Waals surface area (Å²) in [5.74, 6) is 0.717. The van der Waals surface area contributed by atoms with Crippen molar-refractivity contribution < 1.29 is 18.7 Å². The molecule has 0 radical (unpaired) electrons. The highest BCUT2D eigenvalue weighted by Gasteiger charge is 2.37. The molecule has 2 aromatic carbocycles. The lowest BCUT2D eigenvalue weighted by molar-refractivity contribution is -0.138. The van der Waals surface area contributed by atoms with E-state index in [4.69, 9.17) is 21.1 Å². The highest BCUT2D eigenvalue weighted by atomic mass is 35.5. The van der Waals surface area contributed by atoms with Crippen molar-refractivity contribution in [1.29, 1.82) is 0 Å². The topological polar surface area (TPSA) is 38.8 Å². The van der Waals surface area contributed by atoms with Crippen LogP contribution >= 0.6 is 11.6 Å². The molecule has 4 nitrogen and oxygen atoms in total. The van der Waals surface area contributed by atoms with E-state index in [9.17, 15) is 4.79 Å². The number of ether oxygens (including phenoxy) is 2. The number of amides is 1. The first-order chi connectivity index (χ1) is 15.0. The normalized spacial score (nSPS) is 16.6. The fraction of sp³-hybridized carbons (Fsp3) is 0.480. The first-order valence-corrected chi connectivity index (χ1v) is 11.3. The number of hydrogen-bond acceptors (Lipinski definition) is 3. The number of benzene rings is 2. The monoisotopic (exact) mass is 447 g/mol. The Morgan fingerprint density at radius 1 is 1.23 bits per heavy atom. The average Bonchev–Trinajstić information content (AvgIpc) is 2.78. The number of hydrogen-bond donors (Lipinski definition) is 0. The lowest BCUT2D eigenvalue weighted by Crippen LogP contribution is -2.44. The molecular weight excluding hydrogens is 417 g/mol. The van der Waals surface area contributed by atoms with Gasteiger partial charge >= 0.3 is 0 Å². The SMILES string of the molecule is CCCCC(CC)C(=O)N1CCc2cc(OC)c(OC)cc2C1c1c(F)cccc1Cl. The molecule has 168 valence electrons.